The van der Waals surface area contributed by atoms with Gasteiger partial charge in [0.25, 0.3) is 0 Å². The molecule has 4 nitrogen and oxygen atoms in total. The van der Waals surface area contributed by atoms with Crippen LogP contribution in [0.15, 0.2) is 97.3 Å². The number of para-hydroxylation sites is 1. The molecule has 2 aliphatic rings. The quantitative estimate of drug-likeness (QED) is 0.265. The van der Waals surface area contributed by atoms with Gasteiger partial charge in [-0.1, -0.05) is 88.4 Å². The third-order valence-electron chi connectivity index (χ3n) is 8.22. The molecule has 0 saturated heterocycles. The first-order chi connectivity index (χ1) is 18.1. The third-order valence-corrected chi connectivity index (χ3v) is 8.22. The molecule has 0 saturated carbocycles. The summed E-state index contributed by atoms with van der Waals surface area (Å²) in [5, 5.41) is 0. The van der Waals surface area contributed by atoms with Gasteiger partial charge < -0.3 is 0 Å². The molecule has 3 heterocycles. The van der Waals surface area contributed by atoms with E-state index in [1.54, 1.807) is 6.20 Å². The van der Waals surface area contributed by atoms with E-state index in [1.807, 2.05) is 6.20 Å². The smallest absolute Gasteiger partial charge is 0.178 e. The van der Waals surface area contributed by atoms with Crippen LogP contribution in [0.4, 0.5) is 23.0 Å². The minimum atomic E-state index is -0.0471. The van der Waals surface area contributed by atoms with Gasteiger partial charge in [-0.05, 0) is 65.3 Å². The Morgan fingerprint density at radius 1 is 0.811 bits per heavy atom. The van der Waals surface area contributed by atoms with Crippen LogP contribution in [0.3, 0.4) is 0 Å². The Balaban J connectivity index is 1.62. The minimum Gasteiger partial charge on any atom is -0.298 e. The molecule has 0 fully saturated rings. The molecule has 4 heteroatoms. The predicted molar refractivity (Wildman–Crippen MR) is 154 cm³/mol. The van der Waals surface area contributed by atoms with Crippen LogP contribution >= 0.6 is 0 Å². The normalized spacial score (nSPS) is 17.4. The summed E-state index contributed by atoms with van der Waals surface area (Å²) >= 11 is 0. The molecule has 0 N–H and O–H groups in total. The average molecular weight is 487 g/mol. The van der Waals surface area contributed by atoms with Crippen molar-refractivity contribution in [3.05, 3.63) is 108 Å². The Morgan fingerprint density at radius 3 is 2.19 bits per heavy atom. The Labute approximate surface area is 220 Å². The highest BCUT2D eigenvalue weighted by Crippen LogP contribution is 2.52. The predicted octanol–water partition coefficient (Wildman–Crippen LogP) is 8.51. The second-order valence-corrected chi connectivity index (χ2v) is 10.4. The van der Waals surface area contributed by atoms with Gasteiger partial charge in [0.1, 0.15) is 6.17 Å². The van der Waals surface area contributed by atoms with Crippen LogP contribution in [0.1, 0.15) is 57.6 Å². The average Bonchev–Trinajstić information content (AvgIpc) is 3.20. The number of rotatable bonds is 5. The maximum Gasteiger partial charge on any atom is 0.178 e. The first kappa shape index (κ1) is 23.5. The van der Waals surface area contributed by atoms with E-state index in [9.17, 15) is 0 Å². The van der Waals surface area contributed by atoms with Crippen molar-refractivity contribution >= 4 is 23.0 Å². The maximum absolute atomic E-state index is 4.90. The summed E-state index contributed by atoms with van der Waals surface area (Å²) in [6.45, 7) is 9.15. The SMILES string of the molecule is CCC1(CC)C=CC2N(c3ccccc3)c3nccnc3N2c2cc(-c3ccccc3C(C)C)ccc21. The summed E-state index contributed by atoms with van der Waals surface area (Å²) in [6.07, 6.45) is 10.4. The lowest BCUT2D eigenvalue weighted by atomic mass is 9.74. The van der Waals surface area contributed by atoms with Crippen LogP contribution in [-0.4, -0.2) is 16.1 Å². The number of hydrogen-bond donors (Lipinski definition) is 0. The van der Waals surface area contributed by atoms with Gasteiger partial charge in [-0.15, -0.1) is 0 Å². The zero-order valence-corrected chi connectivity index (χ0v) is 22.1. The minimum absolute atomic E-state index is 0.0412. The summed E-state index contributed by atoms with van der Waals surface area (Å²) in [5.41, 5.74) is 7.56. The number of hydrogen-bond acceptors (Lipinski definition) is 4. The van der Waals surface area contributed by atoms with E-state index < -0.39 is 0 Å². The molecule has 1 atom stereocenters. The van der Waals surface area contributed by atoms with Crippen molar-refractivity contribution in [1.29, 1.82) is 0 Å². The van der Waals surface area contributed by atoms with Crippen molar-refractivity contribution in [2.75, 3.05) is 9.80 Å². The Hall–Kier alpha value is -3.92. The van der Waals surface area contributed by atoms with E-state index >= 15 is 0 Å². The van der Waals surface area contributed by atoms with Gasteiger partial charge in [0.05, 0.1) is 0 Å². The molecule has 2 aliphatic heterocycles. The molecule has 1 unspecified atom stereocenters. The second-order valence-electron chi connectivity index (χ2n) is 10.4. The van der Waals surface area contributed by atoms with Crippen molar-refractivity contribution in [3.8, 4) is 11.1 Å². The molecule has 0 aliphatic carbocycles. The van der Waals surface area contributed by atoms with Crippen LogP contribution in [0, 0.1) is 0 Å². The number of aromatic nitrogens is 2. The molecular weight excluding hydrogens is 452 g/mol. The summed E-state index contributed by atoms with van der Waals surface area (Å²) in [7, 11) is 0. The Bertz CT molecular complexity index is 1450. The fraction of sp³-hybridized carbons (Fsp3) is 0.273. The topological polar surface area (TPSA) is 32.3 Å². The van der Waals surface area contributed by atoms with E-state index in [2.05, 4.69) is 122 Å². The number of nitrogens with zero attached hydrogens (tertiary/aromatic N) is 4. The van der Waals surface area contributed by atoms with Gasteiger partial charge in [0.2, 0.25) is 0 Å². The van der Waals surface area contributed by atoms with Gasteiger partial charge in [-0.25, -0.2) is 9.97 Å². The van der Waals surface area contributed by atoms with Crippen LogP contribution in [0.25, 0.3) is 11.1 Å². The molecule has 3 aromatic carbocycles. The number of benzene rings is 3. The summed E-state index contributed by atoms with van der Waals surface area (Å²) < 4.78 is 0. The number of fused-ring (bicyclic) bond motifs is 5. The highest BCUT2D eigenvalue weighted by molar-refractivity contribution is 5.88. The first-order valence-corrected chi connectivity index (χ1v) is 13.5. The van der Waals surface area contributed by atoms with Crippen molar-refractivity contribution in [2.24, 2.45) is 0 Å². The van der Waals surface area contributed by atoms with Gasteiger partial charge in [0, 0.05) is 29.2 Å². The molecule has 6 rings (SSSR count). The van der Waals surface area contributed by atoms with Gasteiger partial charge >= 0.3 is 0 Å². The van der Waals surface area contributed by atoms with Crippen LogP contribution in [0.5, 0.6) is 0 Å². The van der Waals surface area contributed by atoms with Crippen molar-refractivity contribution < 1.29 is 0 Å². The highest BCUT2D eigenvalue weighted by Gasteiger charge is 2.44. The molecule has 0 radical (unpaired) electrons. The second kappa shape index (κ2) is 9.19. The fourth-order valence-electron chi connectivity index (χ4n) is 6.13. The molecule has 1 aromatic heterocycles. The summed E-state index contributed by atoms with van der Waals surface area (Å²) in [4.78, 5) is 14.4. The van der Waals surface area contributed by atoms with E-state index in [-0.39, 0.29) is 11.6 Å². The maximum atomic E-state index is 4.90. The monoisotopic (exact) mass is 486 g/mol. The molecule has 4 aromatic rings. The lowest BCUT2D eigenvalue weighted by Crippen LogP contribution is -2.36. The molecule has 186 valence electrons. The molecule has 37 heavy (non-hydrogen) atoms. The third kappa shape index (κ3) is 3.66. The van der Waals surface area contributed by atoms with E-state index in [0.29, 0.717) is 5.92 Å². The number of anilines is 4. The fourth-order valence-corrected chi connectivity index (χ4v) is 6.13. The van der Waals surface area contributed by atoms with Gasteiger partial charge in [-0.3, -0.25) is 9.80 Å². The Morgan fingerprint density at radius 2 is 1.49 bits per heavy atom. The molecular formula is C33H34N4. The standard InChI is InChI=1S/C33H34N4/c1-5-33(6-2)19-18-30-36(25-12-8-7-9-13-25)31-32(35-21-20-34-31)37(30)29-22-24(16-17-28(29)33)27-15-11-10-14-26(27)23(3)4/h7-23,30H,5-6H2,1-4H3. The van der Waals surface area contributed by atoms with Gasteiger partial charge in [0.15, 0.2) is 11.6 Å². The van der Waals surface area contributed by atoms with Gasteiger partial charge in [-0.2, -0.15) is 0 Å². The first-order valence-electron chi connectivity index (χ1n) is 13.5. The molecule has 0 amide bonds. The Kier molecular flexibility index (Phi) is 5.83. The number of allylic oxidation sites excluding steroid dienone is 1. The van der Waals surface area contributed by atoms with Crippen molar-refractivity contribution in [1.82, 2.24) is 9.97 Å². The largest absolute Gasteiger partial charge is 0.298 e. The lowest BCUT2D eigenvalue weighted by molar-refractivity contribution is 0.499. The van der Waals surface area contributed by atoms with Crippen LogP contribution < -0.4 is 9.80 Å². The highest BCUT2D eigenvalue weighted by atomic mass is 15.5. The van der Waals surface area contributed by atoms with Crippen molar-refractivity contribution in [2.45, 2.75) is 58.0 Å². The van der Waals surface area contributed by atoms with E-state index in [4.69, 9.17) is 9.97 Å². The zero-order valence-electron chi connectivity index (χ0n) is 22.1. The van der Waals surface area contributed by atoms with E-state index in [0.717, 1.165) is 30.2 Å². The molecule has 0 bridgehead atoms. The lowest BCUT2D eigenvalue weighted by Gasteiger charge is -2.33. The van der Waals surface area contributed by atoms with Crippen molar-refractivity contribution in [3.63, 3.8) is 0 Å². The summed E-state index contributed by atoms with van der Waals surface area (Å²) in [6, 6.07) is 26.4. The zero-order chi connectivity index (χ0) is 25.6. The van der Waals surface area contributed by atoms with Crippen LogP contribution in [-0.2, 0) is 5.41 Å². The summed E-state index contributed by atoms with van der Waals surface area (Å²) in [5.74, 6) is 2.24. The van der Waals surface area contributed by atoms with E-state index in [1.165, 1.54) is 27.9 Å². The van der Waals surface area contributed by atoms with Crippen LogP contribution in [0.2, 0.25) is 0 Å². The molecule has 0 spiro atoms.